The highest BCUT2D eigenvalue weighted by molar-refractivity contribution is 7.99. The number of nitrogens with zero attached hydrogens (tertiary/aromatic N) is 2. The Morgan fingerprint density at radius 2 is 1.83 bits per heavy atom. The van der Waals surface area contributed by atoms with E-state index < -0.39 is 0 Å². The number of aromatic nitrogens is 1. The second kappa shape index (κ2) is 7.03. The molecule has 1 aromatic carbocycles. The largest absolute Gasteiger partial charge is 0.506 e. The molecule has 1 N–H and O–H groups in total. The van der Waals surface area contributed by atoms with Crippen molar-refractivity contribution in [3.05, 3.63) is 48.7 Å². The van der Waals surface area contributed by atoms with E-state index in [4.69, 9.17) is 4.74 Å². The molecule has 1 aromatic heterocycles. The zero-order chi connectivity index (χ0) is 16.4. The predicted molar refractivity (Wildman–Crippen MR) is 95.3 cm³/mol. The first-order valence-electron chi connectivity index (χ1n) is 8.48. The highest BCUT2D eigenvalue weighted by Gasteiger charge is 2.41. The van der Waals surface area contributed by atoms with Gasteiger partial charge in [0.2, 0.25) is 0 Å². The minimum Gasteiger partial charge on any atom is -0.506 e. The van der Waals surface area contributed by atoms with E-state index >= 15 is 0 Å². The lowest BCUT2D eigenvalue weighted by Gasteiger charge is -2.19. The summed E-state index contributed by atoms with van der Waals surface area (Å²) in [5.41, 5.74) is 0. The van der Waals surface area contributed by atoms with Gasteiger partial charge in [0.1, 0.15) is 11.5 Å². The van der Waals surface area contributed by atoms with Crippen LogP contribution in [0.4, 0.5) is 0 Å². The Bertz CT molecular complexity index is 651. The van der Waals surface area contributed by atoms with Gasteiger partial charge in [-0.05, 0) is 48.9 Å². The van der Waals surface area contributed by atoms with Gasteiger partial charge in [0.25, 0.3) is 0 Å². The van der Waals surface area contributed by atoms with Crippen LogP contribution >= 0.6 is 11.8 Å². The van der Waals surface area contributed by atoms with Crippen molar-refractivity contribution in [1.29, 1.82) is 0 Å². The lowest BCUT2D eigenvalue weighted by molar-refractivity contribution is 0.189. The monoisotopic (exact) mass is 342 g/mol. The molecule has 4 rings (SSSR count). The molecule has 126 valence electrons. The maximum atomic E-state index is 9.28. The van der Waals surface area contributed by atoms with Crippen LogP contribution in [0, 0.1) is 11.8 Å². The Kier molecular flexibility index (Phi) is 4.63. The van der Waals surface area contributed by atoms with E-state index in [1.165, 1.54) is 6.20 Å². The fourth-order valence-corrected chi connectivity index (χ4v) is 4.67. The first-order chi connectivity index (χ1) is 11.8. The molecule has 4 nitrogen and oxygen atoms in total. The molecule has 2 aromatic rings. The zero-order valence-corrected chi connectivity index (χ0v) is 14.4. The van der Waals surface area contributed by atoms with E-state index in [0.717, 1.165) is 54.4 Å². The summed E-state index contributed by atoms with van der Waals surface area (Å²) in [6.45, 7) is 2.31. The topological polar surface area (TPSA) is 45.6 Å². The van der Waals surface area contributed by atoms with Crippen molar-refractivity contribution in [2.75, 3.05) is 19.0 Å². The maximum absolute atomic E-state index is 9.28. The molecule has 0 amide bonds. The van der Waals surface area contributed by atoms with Crippen molar-refractivity contribution in [2.24, 2.45) is 11.8 Å². The Hall–Kier alpha value is -1.72. The third kappa shape index (κ3) is 3.68. The molecule has 1 aliphatic carbocycles. The normalized spacial score (nSPS) is 26.4. The molecule has 0 unspecified atom stereocenters. The van der Waals surface area contributed by atoms with Gasteiger partial charge in [0.05, 0.1) is 23.2 Å². The molecule has 1 saturated heterocycles. The summed E-state index contributed by atoms with van der Waals surface area (Å²) in [7, 11) is 0. The SMILES string of the molecule is Oc1ccc(SCN2C[C@H]3C[C@H](Oc4ccccc4)C[C@H]3C2)nc1. The van der Waals surface area contributed by atoms with Crippen LogP contribution in [0.15, 0.2) is 53.7 Å². The molecule has 0 radical (unpaired) electrons. The number of aromatic hydroxyl groups is 1. The van der Waals surface area contributed by atoms with Crippen LogP contribution < -0.4 is 4.74 Å². The maximum Gasteiger partial charge on any atom is 0.133 e. The molecular formula is C19H22N2O2S. The number of hydrogen-bond acceptors (Lipinski definition) is 5. The number of para-hydroxylation sites is 1. The lowest BCUT2D eigenvalue weighted by atomic mass is 10.0. The molecule has 0 spiro atoms. The number of ether oxygens (including phenoxy) is 1. The van der Waals surface area contributed by atoms with Crippen LogP contribution in [0.1, 0.15) is 12.8 Å². The van der Waals surface area contributed by atoms with Crippen LogP contribution in [0.25, 0.3) is 0 Å². The van der Waals surface area contributed by atoms with Crippen molar-refractivity contribution in [2.45, 2.75) is 24.0 Å². The van der Waals surface area contributed by atoms with E-state index in [-0.39, 0.29) is 5.75 Å². The summed E-state index contributed by atoms with van der Waals surface area (Å²) < 4.78 is 6.13. The van der Waals surface area contributed by atoms with Crippen molar-refractivity contribution < 1.29 is 9.84 Å². The Balaban J connectivity index is 1.25. The van der Waals surface area contributed by atoms with Gasteiger partial charge in [0.15, 0.2) is 0 Å². The van der Waals surface area contributed by atoms with Gasteiger partial charge in [-0.2, -0.15) is 0 Å². The number of fused-ring (bicyclic) bond motifs is 1. The van der Waals surface area contributed by atoms with Crippen molar-refractivity contribution in [3.63, 3.8) is 0 Å². The first-order valence-corrected chi connectivity index (χ1v) is 9.47. The van der Waals surface area contributed by atoms with Crippen LogP contribution in [0.5, 0.6) is 11.5 Å². The first kappa shape index (κ1) is 15.8. The minimum absolute atomic E-state index is 0.222. The van der Waals surface area contributed by atoms with E-state index in [1.54, 1.807) is 17.8 Å². The molecule has 5 heteroatoms. The molecule has 2 aliphatic rings. The number of hydrogen-bond donors (Lipinski definition) is 1. The minimum atomic E-state index is 0.222. The van der Waals surface area contributed by atoms with E-state index in [0.29, 0.717) is 6.10 Å². The summed E-state index contributed by atoms with van der Waals surface area (Å²) in [6.07, 6.45) is 4.21. The van der Waals surface area contributed by atoms with Crippen LogP contribution in [0.2, 0.25) is 0 Å². The number of likely N-dealkylation sites (tertiary alicyclic amines) is 1. The molecule has 0 bridgehead atoms. The number of benzene rings is 1. The Morgan fingerprint density at radius 1 is 1.08 bits per heavy atom. The highest BCUT2D eigenvalue weighted by atomic mass is 32.2. The molecule has 3 atom stereocenters. The number of rotatable bonds is 5. The third-order valence-corrected chi connectivity index (χ3v) is 5.98. The predicted octanol–water partition coefficient (Wildman–Crippen LogP) is 3.63. The fourth-order valence-electron chi connectivity index (χ4n) is 3.85. The molecule has 1 saturated carbocycles. The Labute approximate surface area is 146 Å². The van der Waals surface area contributed by atoms with Gasteiger partial charge in [0, 0.05) is 13.1 Å². The van der Waals surface area contributed by atoms with Gasteiger partial charge in [-0.1, -0.05) is 30.0 Å². The average Bonchev–Trinajstić information content (AvgIpc) is 3.13. The summed E-state index contributed by atoms with van der Waals surface area (Å²) in [5.74, 6) is 3.70. The van der Waals surface area contributed by atoms with Crippen molar-refractivity contribution in [1.82, 2.24) is 9.88 Å². The van der Waals surface area contributed by atoms with E-state index in [2.05, 4.69) is 9.88 Å². The smallest absolute Gasteiger partial charge is 0.133 e. The molecule has 2 fully saturated rings. The van der Waals surface area contributed by atoms with Crippen molar-refractivity contribution in [3.8, 4) is 11.5 Å². The average molecular weight is 342 g/mol. The summed E-state index contributed by atoms with van der Waals surface area (Å²) in [6, 6.07) is 13.7. The second-order valence-corrected chi connectivity index (χ2v) is 7.67. The summed E-state index contributed by atoms with van der Waals surface area (Å²) in [5, 5.41) is 10.2. The van der Waals surface area contributed by atoms with Gasteiger partial charge in [-0.25, -0.2) is 4.98 Å². The summed E-state index contributed by atoms with van der Waals surface area (Å²) >= 11 is 1.74. The van der Waals surface area contributed by atoms with Crippen LogP contribution in [-0.2, 0) is 0 Å². The van der Waals surface area contributed by atoms with Crippen LogP contribution in [0.3, 0.4) is 0 Å². The van der Waals surface area contributed by atoms with Gasteiger partial charge in [-0.15, -0.1) is 0 Å². The fraction of sp³-hybridized carbons (Fsp3) is 0.421. The van der Waals surface area contributed by atoms with E-state index in [1.807, 2.05) is 36.4 Å². The van der Waals surface area contributed by atoms with Crippen molar-refractivity contribution >= 4 is 11.8 Å². The molecule has 1 aliphatic heterocycles. The standard InChI is InChI=1S/C19H22N2O2S/c22-16-6-7-19(20-10-16)24-13-21-11-14-8-18(9-15(14)12-21)23-17-4-2-1-3-5-17/h1-7,10,14-15,18,22H,8-9,11-13H2/t14-,15+,18+. The van der Waals surface area contributed by atoms with Crippen LogP contribution in [-0.4, -0.2) is 40.1 Å². The third-order valence-electron chi connectivity index (χ3n) is 4.95. The zero-order valence-electron chi connectivity index (χ0n) is 13.5. The van der Waals surface area contributed by atoms with Gasteiger partial charge in [-0.3, -0.25) is 4.90 Å². The quantitative estimate of drug-likeness (QED) is 0.841. The highest BCUT2D eigenvalue weighted by Crippen LogP contribution is 2.40. The number of thioether (sulfide) groups is 1. The lowest BCUT2D eigenvalue weighted by Crippen LogP contribution is -2.24. The molecule has 2 heterocycles. The second-order valence-electron chi connectivity index (χ2n) is 6.71. The molecular weight excluding hydrogens is 320 g/mol. The van der Waals surface area contributed by atoms with E-state index in [9.17, 15) is 5.11 Å². The Morgan fingerprint density at radius 3 is 2.50 bits per heavy atom. The molecule has 24 heavy (non-hydrogen) atoms. The number of pyridine rings is 1. The van der Waals surface area contributed by atoms with Gasteiger partial charge < -0.3 is 9.84 Å². The summed E-state index contributed by atoms with van der Waals surface area (Å²) in [4.78, 5) is 6.76. The van der Waals surface area contributed by atoms with Gasteiger partial charge >= 0.3 is 0 Å².